The highest BCUT2D eigenvalue weighted by Crippen LogP contribution is 2.39. The van der Waals surface area contributed by atoms with Crippen LogP contribution in [0.25, 0.3) is 0 Å². The summed E-state index contributed by atoms with van der Waals surface area (Å²) in [4.78, 5) is 13.0. The first-order valence-corrected chi connectivity index (χ1v) is 11.6. The van der Waals surface area contributed by atoms with Gasteiger partial charge in [-0.1, -0.05) is 6.07 Å². The predicted octanol–water partition coefficient (Wildman–Crippen LogP) is 2.86. The molecule has 9 nitrogen and oxygen atoms in total. The molecule has 0 spiro atoms. The maximum atomic E-state index is 13.5. The number of fused-ring (bicyclic) bond motifs is 3. The molecule has 1 aromatic carbocycles. The molecule has 0 saturated heterocycles. The van der Waals surface area contributed by atoms with Gasteiger partial charge in [-0.05, 0) is 67.7 Å². The average molecular weight is 427 g/mol. The van der Waals surface area contributed by atoms with E-state index in [4.69, 9.17) is 10.00 Å². The number of carbonyl (C=O) groups is 1. The highest BCUT2D eigenvalue weighted by molar-refractivity contribution is 7.92. The molecule has 0 radical (unpaired) electrons. The normalized spacial score (nSPS) is 20.3. The van der Waals surface area contributed by atoms with Crippen LogP contribution >= 0.6 is 0 Å². The molecule has 2 heterocycles. The van der Waals surface area contributed by atoms with Crippen molar-refractivity contribution in [2.75, 3.05) is 11.9 Å². The number of carbonyl (C=O) groups excluding carboxylic acids is 1. The van der Waals surface area contributed by atoms with Gasteiger partial charge in [-0.25, -0.2) is 18.4 Å². The Morgan fingerprint density at radius 3 is 2.67 bits per heavy atom. The third-order valence-corrected chi connectivity index (χ3v) is 7.66. The van der Waals surface area contributed by atoms with Gasteiger partial charge >= 0.3 is 6.03 Å². The number of anilines is 1. The zero-order chi connectivity index (χ0) is 20.9. The summed E-state index contributed by atoms with van der Waals surface area (Å²) >= 11 is 0. The number of benzene rings is 1. The third-order valence-electron chi connectivity index (χ3n) is 6.00. The molecule has 5 rings (SSSR count). The lowest BCUT2D eigenvalue weighted by Gasteiger charge is -2.15. The SMILES string of the molecule is C[C@@H]1COc2c(S(=O)(=NC(=O)Nc3c4c(cc5c3CCC5)CCC4)NC#N)cnn21. The monoisotopic (exact) mass is 426 g/mol. The summed E-state index contributed by atoms with van der Waals surface area (Å²) in [5.74, 6) is 0.272. The highest BCUT2D eigenvalue weighted by Gasteiger charge is 2.31. The molecule has 2 atom stereocenters. The van der Waals surface area contributed by atoms with Gasteiger partial charge < -0.3 is 10.1 Å². The minimum Gasteiger partial charge on any atom is -0.475 e. The molecule has 3 aliphatic rings. The largest absolute Gasteiger partial charge is 0.475 e. The summed E-state index contributed by atoms with van der Waals surface area (Å²) in [6.07, 6.45) is 8.95. The summed E-state index contributed by atoms with van der Waals surface area (Å²) in [6.45, 7) is 2.29. The van der Waals surface area contributed by atoms with Crippen molar-refractivity contribution in [3.63, 3.8) is 0 Å². The van der Waals surface area contributed by atoms with Gasteiger partial charge in [0.15, 0.2) is 21.0 Å². The van der Waals surface area contributed by atoms with E-state index in [0.29, 0.717) is 6.61 Å². The van der Waals surface area contributed by atoms with E-state index >= 15 is 0 Å². The fraction of sp³-hybridized carbons (Fsp3) is 0.450. The fourth-order valence-corrected chi connectivity index (χ4v) is 5.88. The zero-order valence-electron chi connectivity index (χ0n) is 16.6. The molecular weight excluding hydrogens is 404 g/mol. The van der Waals surface area contributed by atoms with Crippen molar-refractivity contribution in [1.82, 2.24) is 14.5 Å². The smallest absolute Gasteiger partial charge is 0.355 e. The summed E-state index contributed by atoms with van der Waals surface area (Å²) in [6, 6.07) is 1.50. The first kappa shape index (κ1) is 18.9. The van der Waals surface area contributed by atoms with E-state index in [2.05, 4.69) is 25.6 Å². The van der Waals surface area contributed by atoms with E-state index in [-0.39, 0.29) is 16.8 Å². The van der Waals surface area contributed by atoms with Crippen molar-refractivity contribution in [3.05, 3.63) is 34.5 Å². The molecule has 156 valence electrons. The van der Waals surface area contributed by atoms with Crippen molar-refractivity contribution < 1.29 is 13.7 Å². The van der Waals surface area contributed by atoms with E-state index in [1.54, 1.807) is 10.9 Å². The number of aromatic nitrogens is 2. The molecule has 2 amide bonds. The maximum Gasteiger partial charge on any atom is 0.355 e. The van der Waals surface area contributed by atoms with E-state index in [1.165, 1.54) is 17.3 Å². The first-order chi connectivity index (χ1) is 14.5. The van der Waals surface area contributed by atoms with Crippen LogP contribution < -0.4 is 14.8 Å². The van der Waals surface area contributed by atoms with Crippen LogP contribution in [0.1, 0.15) is 48.1 Å². The Hall–Kier alpha value is -3.06. The number of hydrogen-bond acceptors (Lipinski definition) is 5. The lowest BCUT2D eigenvalue weighted by Crippen LogP contribution is -2.22. The summed E-state index contributed by atoms with van der Waals surface area (Å²) < 4.78 is 26.7. The van der Waals surface area contributed by atoms with Gasteiger partial charge in [0.25, 0.3) is 0 Å². The number of nitriles is 1. The number of rotatable bonds is 3. The van der Waals surface area contributed by atoms with Gasteiger partial charge in [-0.2, -0.15) is 10.4 Å². The molecule has 0 fully saturated rings. The van der Waals surface area contributed by atoms with E-state index in [0.717, 1.165) is 55.3 Å². The lowest BCUT2D eigenvalue weighted by molar-refractivity contribution is 0.260. The van der Waals surface area contributed by atoms with Crippen molar-refractivity contribution >= 4 is 21.6 Å². The minimum absolute atomic E-state index is 0.0252. The van der Waals surface area contributed by atoms with Crippen molar-refractivity contribution in [3.8, 4) is 12.1 Å². The second-order valence-corrected chi connectivity index (χ2v) is 9.79. The third kappa shape index (κ3) is 2.92. The minimum atomic E-state index is -3.58. The summed E-state index contributed by atoms with van der Waals surface area (Å²) in [7, 11) is -3.58. The van der Waals surface area contributed by atoms with Gasteiger partial charge in [0.05, 0.1) is 12.2 Å². The van der Waals surface area contributed by atoms with Gasteiger partial charge in [-0.3, -0.25) is 0 Å². The van der Waals surface area contributed by atoms with Crippen molar-refractivity contribution in [2.45, 2.75) is 56.4 Å². The topological polar surface area (TPSA) is 121 Å². The van der Waals surface area contributed by atoms with Gasteiger partial charge in [0.2, 0.25) is 5.88 Å². The average Bonchev–Trinajstić information content (AvgIpc) is 3.46. The second-order valence-electron chi connectivity index (χ2n) is 7.91. The highest BCUT2D eigenvalue weighted by atomic mass is 32.2. The predicted molar refractivity (Wildman–Crippen MR) is 110 cm³/mol. The number of amides is 2. The van der Waals surface area contributed by atoms with E-state index in [9.17, 15) is 9.00 Å². The van der Waals surface area contributed by atoms with Crippen molar-refractivity contribution in [1.29, 1.82) is 5.26 Å². The number of urea groups is 1. The van der Waals surface area contributed by atoms with Crippen LogP contribution in [0.5, 0.6) is 5.88 Å². The molecule has 0 bridgehead atoms. The Morgan fingerprint density at radius 1 is 1.30 bits per heavy atom. The van der Waals surface area contributed by atoms with Crippen LogP contribution in [0.3, 0.4) is 0 Å². The van der Waals surface area contributed by atoms with Crippen LogP contribution in [-0.2, 0) is 35.6 Å². The standard InChI is InChI=1S/C20H22N6O3S/c1-12-10-29-19-17(9-22-26(12)19)30(28,23-11-21)25-20(27)24-18-15-6-2-4-13(15)8-14-5-3-7-16(14)18/h8-9,12H,2-7,10H2,1H3,(H2,23,24,25,27,28)/t12-,30?/m1/s1. The van der Waals surface area contributed by atoms with Gasteiger partial charge in [0.1, 0.15) is 6.61 Å². The summed E-state index contributed by atoms with van der Waals surface area (Å²) in [5.41, 5.74) is 5.68. The molecular formula is C20H22N6O3S. The van der Waals surface area contributed by atoms with Gasteiger partial charge in [-0.15, -0.1) is 4.36 Å². The Labute approximate surface area is 174 Å². The van der Waals surface area contributed by atoms with E-state index < -0.39 is 15.9 Å². The lowest BCUT2D eigenvalue weighted by atomic mass is 9.99. The Morgan fingerprint density at radius 2 is 2.00 bits per heavy atom. The number of aryl methyl sites for hydroxylation is 2. The van der Waals surface area contributed by atoms with E-state index in [1.807, 2.05) is 6.92 Å². The molecule has 1 aliphatic heterocycles. The Kier molecular flexibility index (Phi) is 4.43. The van der Waals surface area contributed by atoms with Crippen LogP contribution in [-0.4, -0.2) is 26.6 Å². The molecule has 2 aliphatic carbocycles. The molecule has 10 heteroatoms. The number of hydrogen-bond donors (Lipinski definition) is 2. The van der Waals surface area contributed by atoms with Crippen LogP contribution in [0.15, 0.2) is 21.5 Å². The van der Waals surface area contributed by atoms with Crippen LogP contribution in [0, 0.1) is 11.5 Å². The number of nitrogens with one attached hydrogen (secondary N) is 2. The van der Waals surface area contributed by atoms with Crippen LogP contribution in [0.4, 0.5) is 10.5 Å². The first-order valence-electron chi connectivity index (χ1n) is 10.1. The molecule has 1 aromatic heterocycles. The van der Waals surface area contributed by atoms with Crippen molar-refractivity contribution in [2.24, 2.45) is 4.36 Å². The van der Waals surface area contributed by atoms with Crippen LogP contribution in [0.2, 0.25) is 0 Å². The fourth-order valence-electron chi connectivity index (χ4n) is 4.65. The molecule has 2 aromatic rings. The zero-order valence-corrected chi connectivity index (χ0v) is 17.4. The number of ether oxygens (including phenoxy) is 1. The maximum absolute atomic E-state index is 13.5. The second kappa shape index (κ2) is 7.02. The Balaban J connectivity index is 1.53. The molecule has 30 heavy (non-hydrogen) atoms. The van der Waals surface area contributed by atoms with Gasteiger partial charge in [0, 0.05) is 5.69 Å². The number of nitrogens with zero attached hydrogens (tertiary/aromatic N) is 4. The molecule has 0 saturated carbocycles. The quantitative estimate of drug-likeness (QED) is 0.577. The molecule has 2 N–H and O–H groups in total. The Bertz CT molecular complexity index is 1190. The molecule has 1 unspecified atom stereocenters. The summed E-state index contributed by atoms with van der Waals surface area (Å²) in [5, 5.41) is 16.2.